The molecule has 49 heavy (non-hydrogen) atoms. The van der Waals surface area contributed by atoms with Crippen LogP contribution in [0.3, 0.4) is 0 Å². The first-order valence-electron chi connectivity index (χ1n) is 15.3. The van der Waals surface area contributed by atoms with E-state index in [-0.39, 0.29) is 17.5 Å². The van der Waals surface area contributed by atoms with Gasteiger partial charge in [0, 0.05) is 44.5 Å². The average molecular weight is 733 g/mol. The second-order valence-corrected chi connectivity index (χ2v) is 14.3. The molecule has 1 aromatic heterocycles. The molecule has 0 spiro atoms. The molecule has 0 bridgehead atoms. The molecule has 3 N–H and O–H groups in total. The first-order valence-corrected chi connectivity index (χ1v) is 17.7. The van der Waals surface area contributed by atoms with E-state index in [2.05, 4.69) is 22.0 Å². The van der Waals surface area contributed by atoms with Gasteiger partial charge < -0.3 is 20.9 Å². The number of thiophene rings is 1. The molecule has 0 aliphatic carbocycles. The van der Waals surface area contributed by atoms with Gasteiger partial charge in [-0.3, -0.25) is 19.2 Å². The van der Waals surface area contributed by atoms with Crippen molar-refractivity contribution in [3.63, 3.8) is 0 Å². The zero-order valence-electron chi connectivity index (χ0n) is 26.5. The van der Waals surface area contributed by atoms with Crippen LogP contribution in [0.1, 0.15) is 52.2 Å². The smallest absolute Gasteiger partial charge is 0.272 e. The van der Waals surface area contributed by atoms with Gasteiger partial charge in [-0.1, -0.05) is 60.5 Å². The Kier molecular flexibility index (Phi) is 11.8. The van der Waals surface area contributed by atoms with Crippen LogP contribution in [0.5, 0.6) is 0 Å². The number of fused-ring (bicyclic) bond motifs is 1. The van der Waals surface area contributed by atoms with Crippen LogP contribution in [0.25, 0.3) is 6.08 Å². The lowest BCUT2D eigenvalue weighted by Crippen LogP contribution is -2.33. The van der Waals surface area contributed by atoms with Crippen molar-refractivity contribution < 1.29 is 19.2 Å². The lowest BCUT2D eigenvalue weighted by atomic mass is 10.0. The summed E-state index contributed by atoms with van der Waals surface area (Å²) < 4.78 is 0. The van der Waals surface area contributed by atoms with Crippen LogP contribution >= 0.6 is 46.3 Å². The summed E-state index contributed by atoms with van der Waals surface area (Å²) in [5.41, 5.74) is 2.59. The van der Waals surface area contributed by atoms with Crippen LogP contribution in [0, 0.1) is 11.3 Å². The van der Waals surface area contributed by atoms with E-state index in [1.54, 1.807) is 71.6 Å². The lowest BCUT2D eigenvalue weighted by molar-refractivity contribution is -0.129. The van der Waals surface area contributed by atoms with Crippen molar-refractivity contribution >= 4 is 86.7 Å². The zero-order chi connectivity index (χ0) is 35.1. The van der Waals surface area contributed by atoms with Gasteiger partial charge in [-0.2, -0.15) is 5.26 Å². The van der Waals surface area contributed by atoms with Crippen LogP contribution in [0.15, 0.2) is 83.4 Å². The van der Waals surface area contributed by atoms with Crippen LogP contribution in [0.4, 0.5) is 10.7 Å². The summed E-state index contributed by atoms with van der Waals surface area (Å²) in [4.78, 5) is 55.3. The number of nitriles is 1. The van der Waals surface area contributed by atoms with Gasteiger partial charge in [0.15, 0.2) is 0 Å². The number of rotatable bonds is 10. The van der Waals surface area contributed by atoms with Crippen molar-refractivity contribution in [1.82, 2.24) is 10.2 Å². The van der Waals surface area contributed by atoms with Gasteiger partial charge in [-0.25, -0.2) is 0 Å². The summed E-state index contributed by atoms with van der Waals surface area (Å²) in [5, 5.41) is 19.1. The highest BCUT2D eigenvalue weighted by Crippen LogP contribution is 2.38. The molecule has 13 heteroatoms. The van der Waals surface area contributed by atoms with Gasteiger partial charge in [-0.05, 0) is 72.5 Å². The van der Waals surface area contributed by atoms with Gasteiger partial charge >= 0.3 is 0 Å². The number of carbonyl (C=O) groups excluding carboxylic acids is 4. The molecule has 0 radical (unpaired) electrons. The number of nitrogens with one attached hydrogen (secondary N) is 3. The Bertz CT molecular complexity index is 1990. The number of hydrogen-bond donors (Lipinski definition) is 3. The molecule has 1 unspecified atom stereocenters. The molecule has 250 valence electrons. The molecule has 1 aliphatic heterocycles. The van der Waals surface area contributed by atoms with Crippen molar-refractivity contribution in [2.45, 2.75) is 43.4 Å². The molecule has 4 aromatic rings. The van der Waals surface area contributed by atoms with Gasteiger partial charge in [0.05, 0.1) is 17.4 Å². The number of amides is 4. The fourth-order valence-corrected chi connectivity index (χ4v) is 7.81. The summed E-state index contributed by atoms with van der Waals surface area (Å²) in [5.74, 6) is -1.35. The van der Waals surface area contributed by atoms with Gasteiger partial charge in [0.2, 0.25) is 11.8 Å². The number of halogens is 2. The molecular weight excluding hydrogens is 701 g/mol. The van der Waals surface area contributed by atoms with E-state index in [1.165, 1.54) is 36.1 Å². The lowest BCUT2D eigenvalue weighted by Gasteiger charge is -2.25. The van der Waals surface area contributed by atoms with Crippen molar-refractivity contribution in [1.29, 1.82) is 5.26 Å². The predicted octanol–water partition coefficient (Wildman–Crippen LogP) is 7.75. The summed E-state index contributed by atoms with van der Waals surface area (Å²) in [7, 11) is 0. The van der Waals surface area contributed by atoms with Crippen LogP contribution in [-0.4, -0.2) is 40.3 Å². The summed E-state index contributed by atoms with van der Waals surface area (Å²) in [6.45, 7) is 4.37. The van der Waals surface area contributed by atoms with Crippen molar-refractivity contribution in [2.75, 3.05) is 17.2 Å². The number of thioether (sulfide) groups is 1. The quantitative estimate of drug-likeness (QED) is 0.113. The maximum atomic E-state index is 13.6. The number of nitrogens with zero attached hydrogens (tertiary/aromatic N) is 2. The third kappa shape index (κ3) is 8.90. The molecule has 1 atom stereocenters. The zero-order valence-corrected chi connectivity index (χ0v) is 29.7. The number of hydrogen-bond acceptors (Lipinski definition) is 7. The Morgan fingerprint density at radius 3 is 2.51 bits per heavy atom. The van der Waals surface area contributed by atoms with Crippen LogP contribution in [0.2, 0.25) is 10.0 Å². The van der Waals surface area contributed by atoms with E-state index >= 15 is 0 Å². The molecule has 0 saturated carbocycles. The summed E-state index contributed by atoms with van der Waals surface area (Å²) >= 11 is 15.1. The third-order valence-corrected chi connectivity index (χ3v) is 10.7. The molecule has 5 rings (SSSR count). The van der Waals surface area contributed by atoms with E-state index in [4.69, 9.17) is 23.2 Å². The highest BCUT2D eigenvalue weighted by atomic mass is 35.5. The minimum Gasteiger partial charge on any atom is -0.337 e. The molecule has 2 heterocycles. The normalized spacial score (nSPS) is 13.1. The molecule has 0 fully saturated rings. The number of carbonyl (C=O) groups is 4. The Morgan fingerprint density at radius 1 is 1.04 bits per heavy atom. The highest BCUT2D eigenvalue weighted by molar-refractivity contribution is 8.00. The SMILES string of the molecule is CCC(Sc1cccc(NC(=O)/C(=C\c2ccc(Cl)cc2Cl)NC(=O)c2ccccc2)c1)C(=O)Nc1sc2c(c1C#N)CCN(C(C)=O)C2. The number of benzene rings is 3. The summed E-state index contributed by atoms with van der Waals surface area (Å²) in [6, 6.07) is 22.6. The maximum absolute atomic E-state index is 13.6. The molecule has 9 nitrogen and oxygen atoms in total. The Labute approximate surface area is 302 Å². The van der Waals surface area contributed by atoms with Crippen LogP contribution in [-0.2, 0) is 27.3 Å². The molecule has 3 aromatic carbocycles. The molecule has 1 aliphatic rings. The van der Waals surface area contributed by atoms with Crippen molar-refractivity contribution in [2.24, 2.45) is 0 Å². The van der Waals surface area contributed by atoms with E-state index in [0.717, 1.165) is 15.3 Å². The topological polar surface area (TPSA) is 131 Å². The molecule has 4 amide bonds. The van der Waals surface area contributed by atoms with E-state index < -0.39 is 17.1 Å². The van der Waals surface area contributed by atoms with Gasteiger partial charge in [0.1, 0.15) is 16.8 Å². The van der Waals surface area contributed by atoms with Crippen molar-refractivity contribution in [3.8, 4) is 6.07 Å². The maximum Gasteiger partial charge on any atom is 0.272 e. The first kappa shape index (κ1) is 35.7. The first-order chi connectivity index (χ1) is 23.6. The fourth-order valence-electron chi connectivity index (χ4n) is 5.12. The second-order valence-electron chi connectivity index (χ2n) is 11.0. The fraction of sp³-hybridized carbons (Fsp3) is 0.194. The largest absolute Gasteiger partial charge is 0.337 e. The Morgan fingerprint density at radius 2 is 1.82 bits per heavy atom. The van der Waals surface area contributed by atoms with E-state index in [9.17, 15) is 24.4 Å². The molecular formula is C36H31Cl2N5O4S2. The minimum atomic E-state index is -0.587. The Hall–Kier alpha value is -4.60. The minimum absolute atomic E-state index is 0.0286. The predicted molar refractivity (Wildman–Crippen MR) is 196 cm³/mol. The number of anilines is 2. The Balaban J connectivity index is 1.31. The standard InChI is InChI=1S/C36H31Cl2N5O4S2/c1-3-31(35(47)42-36-28(19-39)27-14-15-43(21(2)44)20-32(27)49-36)48-26-11-7-10-25(18-26)40-34(46)30(16-23-12-13-24(37)17-29(23)38)41-33(45)22-8-5-4-6-9-22/h4-13,16-18,31H,3,14-15,20H2,1-2H3,(H,40,46)(H,41,45)(H,42,47)/b30-16+. The van der Waals surface area contributed by atoms with Crippen LogP contribution < -0.4 is 16.0 Å². The highest BCUT2D eigenvalue weighted by Gasteiger charge is 2.28. The monoisotopic (exact) mass is 731 g/mol. The van der Waals surface area contributed by atoms with Gasteiger partial charge in [-0.15, -0.1) is 23.1 Å². The van der Waals surface area contributed by atoms with E-state index in [1.807, 2.05) is 13.0 Å². The van der Waals surface area contributed by atoms with Gasteiger partial charge in [0.25, 0.3) is 11.8 Å². The third-order valence-electron chi connectivity index (χ3n) is 7.68. The molecule has 0 saturated heterocycles. The second kappa shape index (κ2) is 16.2. The van der Waals surface area contributed by atoms with E-state index in [0.29, 0.717) is 63.4 Å². The average Bonchev–Trinajstić information content (AvgIpc) is 3.44. The van der Waals surface area contributed by atoms with Crippen molar-refractivity contribution in [3.05, 3.63) is 116 Å². The summed E-state index contributed by atoms with van der Waals surface area (Å²) in [6.07, 6.45) is 2.53.